The zero-order chi connectivity index (χ0) is 19.6. The van der Waals surface area contributed by atoms with Crippen molar-refractivity contribution in [3.8, 4) is 0 Å². The standard InChI is InChI=1S/C22H30ClFN2O2/c23-18-8-17(9-19(24)10-18)21(27)25-13-16-11-22(12-16)14-26(15-22)6-7-28-20-4-2-1-3-5-20/h8-10,16,20H,1-7,11-15H2,(H,25,27). The fourth-order valence-electron chi connectivity index (χ4n) is 5.23. The maximum Gasteiger partial charge on any atom is 0.251 e. The van der Waals surface area contributed by atoms with Crippen LogP contribution in [0.15, 0.2) is 18.2 Å². The molecule has 0 atom stereocenters. The van der Waals surface area contributed by atoms with Crippen molar-refractivity contribution < 1.29 is 13.9 Å². The summed E-state index contributed by atoms with van der Waals surface area (Å²) in [5.74, 6) is -0.214. The first kappa shape index (κ1) is 20.1. The Balaban J connectivity index is 1.10. The Labute approximate surface area is 171 Å². The first-order valence-corrected chi connectivity index (χ1v) is 11.0. The summed E-state index contributed by atoms with van der Waals surface area (Å²) >= 11 is 5.82. The largest absolute Gasteiger partial charge is 0.377 e. The Morgan fingerprint density at radius 2 is 1.96 bits per heavy atom. The van der Waals surface area contributed by atoms with Crippen LogP contribution in [0.25, 0.3) is 0 Å². The maximum absolute atomic E-state index is 13.4. The van der Waals surface area contributed by atoms with Gasteiger partial charge < -0.3 is 10.1 Å². The number of halogens is 2. The van der Waals surface area contributed by atoms with Crippen molar-refractivity contribution in [1.29, 1.82) is 0 Å². The van der Waals surface area contributed by atoms with Gasteiger partial charge in [-0.05, 0) is 55.2 Å². The predicted molar refractivity (Wildman–Crippen MR) is 108 cm³/mol. The normalized spacial score (nSPS) is 22.6. The number of ether oxygens (including phenoxy) is 1. The van der Waals surface area contributed by atoms with Gasteiger partial charge in [0, 0.05) is 36.8 Å². The number of hydrogen-bond acceptors (Lipinski definition) is 3. The second-order valence-electron chi connectivity index (χ2n) is 8.98. The van der Waals surface area contributed by atoms with E-state index in [-0.39, 0.29) is 16.5 Å². The third-order valence-corrected chi connectivity index (χ3v) is 6.77. The molecule has 2 aliphatic carbocycles. The van der Waals surface area contributed by atoms with E-state index in [9.17, 15) is 9.18 Å². The molecule has 0 aromatic heterocycles. The van der Waals surface area contributed by atoms with Crippen LogP contribution in [0.3, 0.4) is 0 Å². The van der Waals surface area contributed by atoms with Gasteiger partial charge in [0.05, 0.1) is 12.7 Å². The molecule has 1 amide bonds. The Kier molecular flexibility index (Phi) is 6.24. The molecule has 1 aromatic rings. The monoisotopic (exact) mass is 408 g/mol. The van der Waals surface area contributed by atoms with E-state index in [1.54, 1.807) is 0 Å². The lowest BCUT2D eigenvalue weighted by Crippen LogP contribution is -2.63. The first-order valence-electron chi connectivity index (χ1n) is 10.6. The molecule has 3 fully saturated rings. The van der Waals surface area contributed by atoms with E-state index in [2.05, 4.69) is 10.2 Å². The summed E-state index contributed by atoms with van der Waals surface area (Å²) in [6.45, 7) is 4.87. The van der Waals surface area contributed by atoms with Crippen molar-refractivity contribution >= 4 is 17.5 Å². The van der Waals surface area contributed by atoms with Crippen molar-refractivity contribution in [2.24, 2.45) is 11.3 Å². The van der Waals surface area contributed by atoms with E-state index in [1.165, 1.54) is 50.3 Å². The summed E-state index contributed by atoms with van der Waals surface area (Å²) in [5.41, 5.74) is 0.745. The van der Waals surface area contributed by atoms with Crippen LogP contribution in [-0.2, 0) is 4.74 Å². The molecule has 1 N–H and O–H groups in total. The Bertz CT molecular complexity index is 674. The number of rotatable bonds is 7. The van der Waals surface area contributed by atoms with Crippen molar-refractivity contribution in [3.63, 3.8) is 0 Å². The summed E-state index contributed by atoms with van der Waals surface area (Å²) in [7, 11) is 0. The van der Waals surface area contributed by atoms with Crippen LogP contribution >= 0.6 is 11.6 Å². The van der Waals surface area contributed by atoms with E-state index in [0.29, 0.717) is 24.0 Å². The second-order valence-corrected chi connectivity index (χ2v) is 9.42. The highest BCUT2D eigenvalue weighted by atomic mass is 35.5. The summed E-state index contributed by atoms with van der Waals surface area (Å²) in [6.07, 6.45) is 9.30. The van der Waals surface area contributed by atoms with E-state index in [0.717, 1.165) is 39.1 Å². The van der Waals surface area contributed by atoms with Gasteiger partial charge in [-0.1, -0.05) is 30.9 Å². The van der Waals surface area contributed by atoms with Gasteiger partial charge in [-0.2, -0.15) is 0 Å². The predicted octanol–water partition coefficient (Wildman–Crippen LogP) is 4.27. The molecule has 1 spiro atoms. The second kappa shape index (κ2) is 8.68. The minimum atomic E-state index is -0.484. The molecular formula is C22H30ClFN2O2. The molecule has 1 aliphatic heterocycles. The van der Waals surface area contributed by atoms with E-state index in [1.807, 2.05) is 0 Å². The third kappa shape index (κ3) is 4.87. The lowest BCUT2D eigenvalue weighted by Gasteiger charge is -2.59. The average Bonchev–Trinajstić information content (AvgIpc) is 2.61. The fraction of sp³-hybridized carbons (Fsp3) is 0.682. The third-order valence-electron chi connectivity index (χ3n) is 6.55. The molecule has 0 bridgehead atoms. The average molecular weight is 409 g/mol. The highest BCUT2D eigenvalue weighted by Gasteiger charge is 2.51. The van der Waals surface area contributed by atoms with Crippen LogP contribution in [0.1, 0.15) is 55.3 Å². The minimum absolute atomic E-state index is 0.245. The van der Waals surface area contributed by atoms with Crippen LogP contribution in [0.5, 0.6) is 0 Å². The zero-order valence-electron chi connectivity index (χ0n) is 16.4. The van der Waals surface area contributed by atoms with Crippen LogP contribution in [0.4, 0.5) is 4.39 Å². The molecule has 1 aromatic carbocycles. The van der Waals surface area contributed by atoms with Gasteiger partial charge in [-0.25, -0.2) is 4.39 Å². The zero-order valence-corrected chi connectivity index (χ0v) is 17.1. The van der Waals surface area contributed by atoms with Crippen molar-refractivity contribution in [1.82, 2.24) is 10.2 Å². The van der Waals surface area contributed by atoms with Crippen molar-refractivity contribution in [2.45, 2.75) is 51.0 Å². The molecule has 28 heavy (non-hydrogen) atoms. The van der Waals surface area contributed by atoms with Gasteiger partial charge in [-0.15, -0.1) is 0 Å². The quantitative estimate of drug-likeness (QED) is 0.732. The van der Waals surface area contributed by atoms with Gasteiger partial charge in [0.1, 0.15) is 5.82 Å². The highest BCUT2D eigenvalue weighted by Crippen LogP contribution is 2.51. The molecule has 2 saturated carbocycles. The molecule has 1 saturated heterocycles. The van der Waals surface area contributed by atoms with Crippen molar-refractivity contribution in [2.75, 3.05) is 32.8 Å². The number of carbonyl (C=O) groups excluding carboxylic acids is 1. The lowest BCUT2D eigenvalue weighted by atomic mass is 9.57. The lowest BCUT2D eigenvalue weighted by molar-refractivity contribution is -0.104. The van der Waals surface area contributed by atoms with Crippen LogP contribution in [0, 0.1) is 17.2 Å². The molecule has 0 radical (unpaired) electrons. The molecule has 154 valence electrons. The summed E-state index contributed by atoms with van der Waals surface area (Å²) in [6, 6.07) is 3.93. The first-order chi connectivity index (χ1) is 13.5. The van der Waals surface area contributed by atoms with Crippen molar-refractivity contribution in [3.05, 3.63) is 34.6 Å². The maximum atomic E-state index is 13.4. The molecule has 1 heterocycles. The fourth-order valence-corrected chi connectivity index (χ4v) is 5.45. The smallest absolute Gasteiger partial charge is 0.251 e. The molecule has 0 unspecified atom stereocenters. The Morgan fingerprint density at radius 1 is 1.21 bits per heavy atom. The summed E-state index contributed by atoms with van der Waals surface area (Å²) in [5, 5.41) is 3.17. The topological polar surface area (TPSA) is 41.6 Å². The Hall–Kier alpha value is -1.17. The number of carbonyl (C=O) groups is 1. The molecule has 6 heteroatoms. The summed E-state index contributed by atoms with van der Waals surface area (Å²) < 4.78 is 19.4. The number of benzene rings is 1. The highest BCUT2D eigenvalue weighted by molar-refractivity contribution is 6.31. The molecule has 3 aliphatic rings. The Morgan fingerprint density at radius 3 is 2.68 bits per heavy atom. The van der Waals surface area contributed by atoms with Crippen LogP contribution in [0.2, 0.25) is 5.02 Å². The van der Waals surface area contributed by atoms with Gasteiger partial charge in [0.2, 0.25) is 0 Å². The summed E-state index contributed by atoms with van der Waals surface area (Å²) in [4.78, 5) is 14.7. The van der Waals surface area contributed by atoms with E-state index in [4.69, 9.17) is 16.3 Å². The molecular weight excluding hydrogens is 379 g/mol. The van der Waals surface area contributed by atoms with Gasteiger partial charge >= 0.3 is 0 Å². The van der Waals surface area contributed by atoms with Gasteiger partial charge in [-0.3, -0.25) is 9.69 Å². The number of amides is 1. The number of hydrogen-bond donors (Lipinski definition) is 1. The number of likely N-dealkylation sites (tertiary alicyclic amines) is 1. The van der Waals surface area contributed by atoms with Crippen LogP contribution < -0.4 is 5.32 Å². The van der Waals surface area contributed by atoms with Gasteiger partial charge in [0.15, 0.2) is 0 Å². The SMILES string of the molecule is O=C(NCC1CC2(C1)CN(CCOC1CCCCC1)C2)c1cc(F)cc(Cl)c1. The number of nitrogens with one attached hydrogen (secondary N) is 1. The molecule has 4 rings (SSSR count). The van der Waals surface area contributed by atoms with Gasteiger partial charge in [0.25, 0.3) is 5.91 Å². The van der Waals surface area contributed by atoms with E-state index < -0.39 is 5.82 Å². The minimum Gasteiger partial charge on any atom is -0.377 e. The van der Waals surface area contributed by atoms with Crippen LogP contribution in [-0.4, -0.2) is 49.7 Å². The molecule has 4 nitrogen and oxygen atoms in total. The number of nitrogens with zero attached hydrogens (tertiary/aromatic N) is 1. The van der Waals surface area contributed by atoms with E-state index >= 15 is 0 Å².